The van der Waals surface area contributed by atoms with Gasteiger partial charge in [-0.25, -0.2) is 8.42 Å². The number of alkyl halides is 3. The first-order valence-corrected chi connectivity index (χ1v) is 15.0. The van der Waals surface area contributed by atoms with Crippen LogP contribution in [0.1, 0.15) is 27.0 Å². The Morgan fingerprint density at radius 3 is 2.12 bits per heavy atom. The number of benzene rings is 3. The molecule has 2 fully saturated rings. The van der Waals surface area contributed by atoms with Gasteiger partial charge in [0.15, 0.2) is 0 Å². The molecule has 0 aliphatic carbocycles. The lowest BCUT2D eigenvalue weighted by Gasteiger charge is -2.36. The number of sulfonamides is 1. The summed E-state index contributed by atoms with van der Waals surface area (Å²) in [5.74, 6) is -0.107. The van der Waals surface area contributed by atoms with Crippen LogP contribution in [0, 0.1) is 6.92 Å². The molecular formula is C30H33F3N4O3S. The third-order valence-corrected chi connectivity index (χ3v) is 9.59. The maximum atomic E-state index is 13.3. The number of amides is 1. The third-order valence-electron chi connectivity index (χ3n) is 7.68. The fourth-order valence-corrected chi connectivity index (χ4v) is 6.70. The van der Waals surface area contributed by atoms with Crippen molar-refractivity contribution in [1.29, 1.82) is 0 Å². The molecule has 0 saturated carbocycles. The zero-order chi connectivity index (χ0) is 29.2. The topological polar surface area (TPSA) is 64.2 Å². The van der Waals surface area contributed by atoms with E-state index in [1.165, 1.54) is 10.4 Å². The van der Waals surface area contributed by atoms with E-state index in [1.54, 1.807) is 41.3 Å². The van der Waals surface area contributed by atoms with Gasteiger partial charge >= 0.3 is 6.18 Å². The highest BCUT2D eigenvalue weighted by Crippen LogP contribution is 2.32. The molecule has 41 heavy (non-hydrogen) atoms. The average Bonchev–Trinajstić information content (AvgIpc) is 2.97. The largest absolute Gasteiger partial charge is 0.416 e. The van der Waals surface area contributed by atoms with Crippen molar-refractivity contribution < 1.29 is 26.4 Å². The number of nitrogens with zero attached hydrogens (tertiary/aromatic N) is 4. The van der Waals surface area contributed by atoms with Crippen molar-refractivity contribution in [1.82, 2.24) is 14.1 Å². The van der Waals surface area contributed by atoms with E-state index in [0.717, 1.165) is 23.3 Å². The molecule has 218 valence electrons. The summed E-state index contributed by atoms with van der Waals surface area (Å²) in [5, 5.41) is 0. The van der Waals surface area contributed by atoms with E-state index < -0.39 is 21.8 Å². The lowest BCUT2D eigenvalue weighted by atomic mass is 10.1. The number of carbonyl (C=O) groups excluding carboxylic acids is 1. The minimum absolute atomic E-state index is 0.107. The number of halogens is 3. The fraction of sp³-hybridized carbons (Fsp3) is 0.367. The molecule has 2 heterocycles. The fourth-order valence-electron chi connectivity index (χ4n) is 5.28. The molecule has 2 aliphatic rings. The van der Waals surface area contributed by atoms with E-state index in [4.69, 9.17) is 0 Å². The van der Waals surface area contributed by atoms with Crippen LogP contribution in [-0.4, -0.2) is 80.8 Å². The van der Waals surface area contributed by atoms with Crippen molar-refractivity contribution in [3.05, 3.63) is 95.1 Å². The van der Waals surface area contributed by atoms with Gasteiger partial charge < -0.3 is 9.80 Å². The van der Waals surface area contributed by atoms with Crippen molar-refractivity contribution in [3.8, 4) is 0 Å². The maximum Gasteiger partial charge on any atom is 0.416 e. The van der Waals surface area contributed by atoms with Crippen molar-refractivity contribution >= 4 is 21.6 Å². The Kier molecular flexibility index (Phi) is 8.40. The zero-order valence-corrected chi connectivity index (χ0v) is 23.7. The van der Waals surface area contributed by atoms with E-state index in [2.05, 4.69) is 4.90 Å². The lowest BCUT2D eigenvalue weighted by Crippen LogP contribution is -2.49. The molecule has 3 aromatic rings. The van der Waals surface area contributed by atoms with Crippen LogP contribution < -0.4 is 4.90 Å². The van der Waals surface area contributed by atoms with E-state index in [0.29, 0.717) is 75.0 Å². The van der Waals surface area contributed by atoms with Gasteiger partial charge in [0.25, 0.3) is 5.91 Å². The Hall–Kier alpha value is -3.41. The molecule has 1 amide bonds. The summed E-state index contributed by atoms with van der Waals surface area (Å²) in [5.41, 5.74) is 2.36. The molecule has 0 atom stereocenters. The minimum Gasteiger partial charge on any atom is -0.368 e. The van der Waals surface area contributed by atoms with Gasteiger partial charge in [0, 0.05) is 70.2 Å². The number of rotatable bonds is 6. The second-order valence-corrected chi connectivity index (χ2v) is 12.5. The van der Waals surface area contributed by atoms with E-state index in [-0.39, 0.29) is 5.91 Å². The predicted octanol–water partition coefficient (Wildman–Crippen LogP) is 4.48. The van der Waals surface area contributed by atoms with Gasteiger partial charge in [-0.2, -0.15) is 17.5 Å². The van der Waals surface area contributed by atoms with Crippen LogP contribution >= 0.6 is 0 Å². The number of aryl methyl sites for hydroxylation is 1. The van der Waals surface area contributed by atoms with E-state index in [1.807, 2.05) is 30.0 Å². The molecule has 0 radical (unpaired) electrons. The van der Waals surface area contributed by atoms with Gasteiger partial charge in [0.05, 0.1) is 10.5 Å². The molecule has 0 aromatic heterocycles. The Bertz CT molecular complexity index is 1480. The first kappa shape index (κ1) is 29.1. The number of piperazine rings is 2. The molecule has 0 unspecified atom stereocenters. The highest BCUT2D eigenvalue weighted by Gasteiger charge is 2.32. The molecule has 0 N–H and O–H groups in total. The highest BCUT2D eigenvalue weighted by molar-refractivity contribution is 7.89. The highest BCUT2D eigenvalue weighted by atomic mass is 32.2. The summed E-state index contributed by atoms with van der Waals surface area (Å²) < 4.78 is 66.9. The standard InChI is InChI=1S/C30H33F3N4O3S/c1-23-8-10-28(11-9-23)41(39,40)37-18-12-34(13-19-37)22-24-4-2-5-25(20-24)29(38)36-16-14-35(15-17-36)27-7-3-6-26(21-27)30(31,32)33/h2-11,20-21H,12-19,22H2,1H3. The second kappa shape index (κ2) is 11.8. The van der Waals surface area contributed by atoms with Crippen molar-refractivity contribution in [2.45, 2.75) is 24.5 Å². The van der Waals surface area contributed by atoms with Gasteiger partial charge in [-0.1, -0.05) is 35.9 Å². The molecule has 0 bridgehead atoms. The summed E-state index contributed by atoms with van der Waals surface area (Å²) in [7, 11) is -3.53. The van der Waals surface area contributed by atoms with E-state index in [9.17, 15) is 26.4 Å². The number of hydrogen-bond donors (Lipinski definition) is 0. The molecule has 3 aromatic carbocycles. The molecule has 2 aliphatic heterocycles. The smallest absolute Gasteiger partial charge is 0.368 e. The summed E-state index contributed by atoms with van der Waals surface area (Å²) in [6, 6.07) is 19.6. The van der Waals surface area contributed by atoms with Gasteiger partial charge in [0.1, 0.15) is 0 Å². The van der Waals surface area contributed by atoms with Gasteiger partial charge in [-0.15, -0.1) is 0 Å². The summed E-state index contributed by atoms with van der Waals surface area (Å²) in [6.45, 7) is 6.20. The van der Waals surface area contributed by atoms with E-state index >= 15 is 0 Å². The van der Waals surface area contributed by atoms with Crippen LogP contribution in [-0.2, 0) is 22.7 Å². The lowest BCUT2D eigenvalue weighted by molar-refractivity contribution is -0.137. The van der Waals surface area contributed by atoms with Gasteiger partial charge in [-0.3, -0.25) is 9.69 Å². The summed E-state index contributed by atoms with van der Waals surface area (Å²) in [4.78, 5) is 19.3. The first-order chi connectivity index (χ1) is 19.5. The van der Waals surface area contributed by atoms with Crippen LogP contribution in [0.25, 0.3) is 0 Å². The maximum absolute atomic E-state index is 13.3. The van der Waals surface area contributed by atoms with Gasteiger partial charge in [-0.05, 0) is 55.0 Å². The Labute approximate surface area is 238 Å². The number of hydrogen-bond acceptors (Lipinski definition) is 5. The molecular weight excluding hydrogens is 553 g/mol. The van der Waals surface area contributed by atoms with Crippen molar-refractivity contribution in [3.63, 3.8) is 0 Å². The van der Waals surface area contributed by atoms with Crippen LogP contribution in [0.5, 0.6) is 0 Å². The Morgan fingerprint density at radius 1 is 0.805 bits per heavy atom. The zero-order valence-electron chi connectivity index (χ0n) is 22.8. The minimum atomic E-state index is -4.40. The molecule has 0 spiro atoms. The van der Waals surface area contributed by atoms with Crippen LogP contribution in [0.2, 0.25) is 0 Å². The van der Waals surface area contributed by atoms with Crippen molar-refractivity contribution in [2.24, 2.45) is 0 Å². The molecule has 5 rings (SSSR count). The molecule has 7 nitrogen and oxygen atoms in total. The summed E-state index contributed by atoms with van der Waals surface area (Å²) in [6.07, 6.45) is -4.40. The SMILES string of the molecule is Cc1ccc(S(=O)(=O)N2CCN(Cc3cccc(C(=O)N4CCN(c5cccc(C(F)(F)F)c5)CC4)c3)CC2)cc1. The summed E-state index contributed by atoms with van der Waals surface area (Å²) >= 11 is 0. The third kappa shape index (κ3) is 6.74. The molecule has 2 saturated heterocycles. The number of anilines is 1. The first-order valence-electron chi connectivity index (χ1n) is 13.6. The van der Waals surface area contributed by atoms with Crippen LogP contribution in [0.15, 0.2) is 77.7 Å². The van der Waals surface area contributed by atoms with Crippen LogP contribution in [0.4, 0.5) is 18.9 Å². The Morgan fingerprint density at radius 2 is 1.46 bits per heavy atom. The van der Waals surface area contributed by atoms with Gasteiger partial charge in [0.2, 0.25) is 10.0 Å². The predicted molar refractivity (Wildman–Crippen MR) is 151 cm³/mol. The Balaban J connectivity index is 1.15. The second-order valence-electron chi connectivity index (χ2n) is 10.5. The average molecular weight is 587 g/mol. The number of carbonyl (C=O) groups is 1. The quantitative estimate of drug-likeness (QED) is 0.426. The van der Waals surface area contributed by atoms with Crippen molar-refractivity contribution in [2.75, 3.05) is 57.3 Å². The normalized spacial score (nSPS) is 17.6. The van der Waals surface area contributed by atoms with Crippen LogP contribution in [0.3, 0.4) is 0 Å². The molecule has 11 heteroatoms. The monoisotopic (exact) mass is 586 g/mol.